The second kappa shape index (κ2) is 8.95. The minimum Gasteiger partial charge on any atom is -0.340 e. The Labute approximate surface area is 201 Å². The average molecular weight is 488 g/mol. The van der Waals surface area contributed by atoms with Crippen molar-refractivity contribution in [2.24, 2.45) is 11.8 Å². The number of rotatable bonds is 3. The lowest BCUT2D eigenvalue weighted by molar-refractivity contribution is -0.147. The zero-order valence-electron chi connectivity index (χ0n) is 17.6. The van der Waals surface area contributed by atoms with Gasteiger partial charge >= 0.3 is 0 Å². The fraction of sp³-hybridized carbons (Fsp3) is 0.348. The molecule has 3 amide bonds. The Hall–Kier alpha value is -2.65. The van der Waals surface area contributed by atoms with Crippen LogP contribution in [0.3, 0.4) is 0 Å². The number of piperidine rings is 1. The lowest BCUT2D eigenvalue weighted by atomic mass is 9.81. The first-order valence-electron chi connectivity index (χ1n) is 10.8. The Morgan fingerprint density at radius 1 is 1.03 bits per heavy atom. The lowest BCUT2D eigenvalue weighted by Gasteiger charge is -2.47. The van der Waals surface area contributed by atoms with Gasteiger partial charge in [-0.25, -0.2) is 0 Å². The molecule has 2 fully saturated rings. The van der Waals surface area contributed by atoms with Crippen LogP contribution in [0.5, 0.6) is 0 Å². The molecule has 4 atom stereocenters. The summed E-state index contributed by atoms with van der Waals surface area (Å²) in [6.45, 7) is 1.45. The summed E-state index contributed by atoms with van der Waals surface area (Å²) in [7, 11) is 0. The van der Waals surface area contributed by atoms with E-state index < -0.39 is 30.2 Å². The molecule has 0 saturated carbocycles. The Kier molecular flexibility index (Phi) is 6.01. The van der Waals surface area contributed by atoms with Gasteiger partial charge in [0.15, 0.2) is 0 Å². The van der Waals surface area contributed by atoms with Gasteiger partial charge < -0.3 is 16.0 Å². The molecular formula is C23H23Cl2N5O3. The molecule has 0 aliphatic carbocycles. The van der Waals surface area contributed by atoms with Gasteiger partial charge in [0.05, 0.1) is 28.0 Å². The summed E-state index contributed by atoms with van der Waals surface area (Å²) in [6, 6.07) is 13.0. The molecule has 0 radical (unpaired) electrons. The molecule has 5 rings (SSSR count). The predicted molar refractivity (Wildman–Crippen MR) is 124 cm³/mol. The van der Waals surface area contributed by atoms with Gasteiger partial charge in [0.2, 0.25) is 17.7 Å². The molecule has 8 nitrogen and oxygen atoms in total. The number of hydrogen-bond donors (Lipinski definition) is 4. The first-order chi connectivity index (χ1) is 15.9. The van der Waals surface area contributed by atoms with Gasteiger partial charge in [0, 0.05) is 25.2 Å². The first kappa shape index (κ1) is 22.2. The van der Waals surface area contributed by atoms with E-state index in [1.165, 1.54) is 17.2 Å². The van der Waals surface area contributed by atoms with E-state index in [4.69, 9.17) is 23.2 Å². The van der Waals surface area contributed by atoms with Gasteiger partial charge in [-0.05, 0) is 35.7 Å². The predicted octanol–water partition coefficient (Wildman–Crippen LogP) is 2.07. The first-order valence-corrected chi connectivity index (χ1v) is 11.6. The van der Waals surface area contributed by atoms with Gasteiger partial charge in [0.1, 0.15) is 6.29 Å². The summed E-state index contributed by atoms with van der Waals surface area (Å²) in [6.07, 6.45) is -0.291. The van der Waals surface area contributed by atoms with E-state index in [1.54, 1.807) is 12.1 Å². The van der Waals surface area contributed by atoms with Gasteiger partial charge in [-0.3, -0.25) is 24.6 Å². The zero-order valence-corrected chi connectivity index (χ0v) is 19.1. The average Bonchev–Trinajstić information content (AvgIpc) is 2.80. The minimum atomic E-state index is -0.825. The van der Waals surface area contributed by atoms with E-state index >= 15 is 0 Å². The molecular weight excluding hydrogens is 465 g/mol. The Morgan fingerprint density at radius 3 is 2.61 bits per heavy atom. The van der Waals surface area contributed by atoms with Crippen LogP contribution in [0.15, 0.2) is 42.5 Å². The van der Waals surface area contributed by atoms with Crippen LogP contribution in [0, 0.1) is 11.8 Å². The van der Waals surface area contributed by atoms with E-state index in [9.17, 15) is 14.4 Å². The fourth-order valence-corrected chi connectivity index (χ4v) is 5.10. The number of amides is 3. The highest BCUT2D eigenvalue weighted by atomic mass is 35.5. The highest BCUT2D eigenvalue weighted by Crippen LogP contribution is 2.30. The van der Waals surface area contributed by atoms with Crippen molar-refractivity contribution in [3.05, 3.63) is 63.6 Å². The monoisotopic (exact) mass is 487 g/mol. The molecule has 4 N–H and O–H groups in total. The number of halogens is 2. The number of anilines is 1. The van der Waals surface area contributed by atoms with Crippen molar-refractivity contribution in [3.8, 4) is 0 Å². The molecule has 33 heavy (non-hydrogen) atoms. The maximum atomic E-state index is 13.2. The van der Waals surface area contributed by atoms with E-state index in [0.29, 0.717) is 22.3 Å². The minimum absolute atomic E-state index is 0.0782. The van der Waals surface area contributed by atoms with Crippen LogP contribution in [-0.4, -0.2) is 41.6 Å². The van der Waals surface area contributed by atoms with E-state index in [1.807, 2.05) is 12.1 Å². The van der Waals surface area contributed by atoms with Crippen LogP contribution in [-0.2, 0) is 27.3 Å². The zero-order chi connectivity index (χ0) is 23.1. The van der Waals surface area contributed by atoms with Crippen LogP contribution >= 0.6 is 23.2 Å². The van der Waals surface area contributed by atoms with E-state index in [0.717, 1.165) is 13.0 Å². The van der Waals surface area contributed by atoms with Crippen molar-refractivity contribution in [3.63, 3.8) is 0 Å². The number of hydrogen-bond acceptors (Lipinski definition) is 5. The van der Waals surface area contributed by atoms with E-state index in [-0.39, 0.29) is 18.2 Å². The molecule has 4 unspecified atom stereocenters. The summed E-state index contributed by atoms with van der Waals surface area (Å²) in [5.74, 6) is -2.53. The molecule has 172 valence electrons. The normalized spacial score (nSPS) is 27.1. The standard InChI is InChI=1S/C23H23Cl2N5O3/c24-16-6-5-14(9-17(16)25)26-21(32)15-10-18(31)27-20-19(15)22(33)29-23(28-20)30-8-7-12-3-1-2-4-13(12)11-30/h1-6,9,15,19-20,23,28H,7-8,10-11H2,(H,26,32)(H,27,31)(H,29,33). The number of nitrogens with zero attached hydrogens (tertiary/aromatic N) is 1. The van der Waals surface area contributed by atoms with Crippen molar-refractivity contribution in [2.45, 2.75) is 31.8 Å². The van der Waals surface area contributed by atoms with Crippen LogP contribution < -0.4 is 21.3 Å². The number of nitrogens with one attached hydrogen (secondary N) is 4. The molecule has 0 spiro atoms. The lowest BCUT2D eigenvalue weighted by Crippen LogP contribution is -2.74. The van der Waals surface area contributed by atoms with Gasteiger partial charge in [-0.15, -0.1) is 0 Å². The van der Waals surface area contributed by atoms with Crippen molar-refractivity contribution in [1.29, 1.82) is 0 Å². The SMILES string of the molecule is O=C1CC(C(=O)Nc2ccc(Cl)c(Cl)c2)C2C(=O)NC(N3CCc4ccccc4C3)NC2N1. The highest BCUT2D eigenvalue weighted by molar-refractivity contribution is 6.42. The van der Waals surface area contributed by atoms with Crippen molar-refractivity contribution in [1.82, 2.24) is 20.9 Å². The molecule has 2 saturated heterocycles. The van der Waals surface area contributed by atoms with Crippen molar-refractivity contribution < 1.29 is 14.4 Å². The second-order valence-corrected chi connectivity index (χ2v) is 9.38. The van der Waals surface area contributed by atoms with Crippen LogP contribution in [0.25, 0.3) is 0 Å². The molecule has 2 aromatic carbocycles. The molecule has 10 heteroatoms. The molecule has 0 bridgehead atoms. The molecule has 2 aromatic rings. The Balaban J connectivity index is 1.31. The number of carbonyl (C=O) groups excluding carboxylic acids is 3. The van der Waals surface area contributed by atoms with E-state index in [2.05, 4.69) is 38.3 Å². The van der Waals surface area contributed by atoms with Gasteiger partial charge in [-0.2, -0.15) is 0 Å². The Morgan fingerprint density at radius 2 is 1.82 bits per heavy atom. The smallest absolute Gasteiger partial charge is 0.229 e. The third kappa shape index (κ3) is 4.44. The van der Waals surface area contributed by atoms with Gasteiger partial charge in [-0.1, -0.05) is 47.5 Å². The summed E-state index contributed by atoms with van der Waals surface area (Å²) in [5.41, 5.74) is 2.97. The maximum Gasteiger partial charge on any atom is 0.229 e. The number of fused-ring (bicyclic) bond motifs is 2. The summed E-state index contributed by atoms with van der Waals surface area (Å²) in [4.78, 5) is 40.7. The summed E-state index contributed by atoms with van der Waals surface area (Å²) in [5, 5.41) is 12.6. The molecule has 3 heterocycles. The number of benzene rings is 2. The maximum absolute atomic E-state index is 13.2. The third-order valence-corrected chi connectivity index (χ3v) is 7.22. The second-order valence-electron chi connectivity index (χ2n) is 8.57. The number of carbonyl (C=O) groups is 3. The Bertz CT molecular complexity index is 1130. The quantitative estimate of drug-likeness (QED) is 0.530. The van der Waals surface area contributed by atoms with Crippen LogP contribution in [0.4, 0.5) is 5.69 Å². The third-order valence-electron chi connectivity index (χ3n) is 6.48. The molecule has 3 aliphatic rings. The summed E-state index contributed by atoms with van der Waals surface area (Å²) >= 11 is 12.0. The summed E-state index contributed by atoms with van der Waals surface area (Å²) < 4.78 is 0. The fourth-order valence-electron chi connectivity index (χ4n) is 4.80. The van der Waals surface area contributed by atoms with Crippen molar-refractivity contribution >= 4 is 46.6 Å². The van der Waals surface area contributed by atoms with Crippen molar-refractivity contribution in [2.75, 3.05) is 11.9 Å². The highest BCUT2D eigenvalue weighted by Gasteiger charge is 2.49. The topological polar surface area (TPSA) is 103 Å². The molecule has 3 aliphatic heterocycles. The van der Waals surface area contributed by atoms with Crippen LogP contribution in [0.2, 0.25) is 10.0 Å². The van der Waals surface area contributed by atoms with Gasteiger partial charge in [0.25, 0.3) is 0 Å². The largest absolute Gasteiger partial charge is 0.340 e. The van der Waals surface area contributed by atoms with Crippen LogP contribution in [0.1, 0.15) is 17.5 Å². The molecule has 0 aromatic heterocycles.